The Labute approximate surface area is 338 Å². The molecule has 282 valence electrons. The van der Waals surface area contributed by atoms with E-state index in [9.17, 15) is 9.59 Å². The van der Waals surface area contributed by atoms with E-state index in [0.717, 1.165) is 95.4 Å². The van der Waals surface area contributed by atoms with Crippen molar-refractivity contribution in [3.05, 3.63) is 190 Å². The Morgan fingerprint density at radius 2 is 1.05 bits per heavy atom. The number of hydrogen-bond donors (Lipinski definition) is 0. The standard InChI is InChI=1S/C54H36O5/c1-2-3-12-32-15-11-22-44-39(32)24-23-37-29-45(53(55)59-52(37)44)35-16-10-17-36(28-35)50-40-18-6-8-20-42(40)51(43-21-9-7-19-41(43)50)48-26-25-47(57-48)46-30-38-27-33-13-4-5-14-34(33)31-49(38)58-54(46)56/h4-11,13-31H,2-3,12H2,1H3. The van der Waals surface area contributed by atoms with Crippen molar-refractivity contribution in [2.45, 2.75) is 26.2 Å². The Kier molecular flexibility index (Phi) is 8.16. The second-order valence-corrected chi connectivity index (χ2v) is 15.3. The summed E-state index contributed by atoms with van der Waals surface area (Å²) in [7, 11) is 0. The van der Waals surface area contributed by atoms with E-state index in [1.807, 2.05) is 103 Å². The van der Waals surface area contributed by atoms with Crippen LogP contribution in [0.4, 0.5) is 0 Å². The second-order valence-electron chi connectivity index (χ2n) is 15.3. The Morgan fingerprint density at radius 3 is 1.81 bits per heavy atom. The minimum atomic E-state index is -0.455. The Hall–Kier alpha value is -7.50. The Morgan fingerprint density at radius 1 is 0.424 bits per heavy atom. The van der Waals surface area contributed by atoms with Crippen molar-refractivity contribution >= 4 is 65.0 Å². The van der Waals surface area contributed by atoms with Gasteiger partial charge in [-0.1, -0.05) is 135 Å². The first-order chi connectivity index (χ1) is 29.0. The van der Waals surface area contributed by atoms with Crippen LogP contribution in [0.5, 0.6) is 0 Å². The zero-order valence-electron chi connectivity index (χ0n) is 32.3. The number of unbranched alkanes of at least 4 members (excludes halogenated alkanes) is 1. The lowest BCUT2D eigenvalue weighted by Crippen LogP contribution is -2.03. The quantitative estimate of drug-likeness (QED) is 0.0918. The smallest absolute Gasteiger partial charge is 0.347 e. The van der Waals surface area contributed by atoms with Crippen molar-refractivity contribution in [2.75, 3.05) is 0 Å². The fourth-order valence-electron chi connectivity index (χ4n) is 8.93. The van der Waals surface area contributed by atoms with Crippen LogP contribution in [0.2, 0.25) is 0 Å². The van der Waals surface area contributed by atoms with E-state index in [1.54, 1.807) is 0 Å². The van der Waals surface area contributed by atoms with Crippen LogP contribution < -0.4 is 11.3 Å². The van der Waals surface area contributed by atoms with Crippen LogP contribution in [-0.2, 0) is 6.42 Å². The first-order valence-corrected chi connectivity index (χ1v) is 20.1. The van der Waals surface area contributed by atoms with Crippen molar-refractivity contribution in [3.8, 4) is 44.9 Å². The van der Waals surface area contributed by atoms with E-state index < -0.39 is 5.63 Å². The highest BCUT2D eigenvalue weighted by atomic mass is 16.4. The third-order valence-corrected chi connectivity index (χ3v) is 11.8. The molecule has 0 fully saturated rings. The zero-order chi connectivity index (χ0) is 39.6. The van der Waals surface area contributed by atoms with Crippen LogP contribution in [0.1, 0.15) is 25.3 Å². The first kappa shape index (κ1) is 34.7. The molecule has 0 aliphatic rings. The molecule has 0 atom stereocenters. The summed E-state index contributed by atoms with van der Waals surface area (Å²) < 4.78 is 18.6. The van der Waals surface area contributed by atoms with Crippen molar-refractivity contribution in [1.82, 2.24) is 0 Å². The summed E-state index contributed by atoms with van der Waals surface area (Å²) in [6.07, 6.45) is 3.22. The maximum Gasteiger partial charge on any atom is 0.347 e. The minimum Gasteiger partial charge on any atom is -0.456 e. The Balaban J connectivity index is 1.04. The molecule has 11 rings (SSSR count). The summed E-state index contributed by atoms with van der Waals surface area (Å²) in [6.45, 7) is 2.20. The van der Waals surface area contributed by atoms with Crippen molar-refractivity contribution in [2.24, 2.45) is 0 Å². The van der Waals surface area contributed by atoms with Gasteiger partial charge in [-0.25, -0.2) is 9.59 Å². The van der Waals surface area contributed by atoms with E-state index in [1.165, 1.54) is 5.56 Å². The molecule has 0 spiro atoms. The van der Waals surface area contributed by atoms with Gasteiger partial charge in [0.1, 0.15) is 28.2 Å². The second kappa shape index (κ2) is 13.9. The molecular weight excluding hydrogens is 729 g/mol. The lowest BCUT2D eigenvalue weighted by Gasteiger charge is -2.17. The predicted octanol–water partition coefficient (Wildman–Crippen LogP) is 14.1. The van der Waals surface area contributed by atoms with E-state index in [2.05, 4.69) is 67.6 Å². The SMILES string of the molecule is CCCCc1cccc2c1ccc1cc(-c3cccc(-c4c5ccccc5c(-c5ccc(-c6cc7cc8ccccc8cc7oc6=O)o5)c5ccccc45)c3)c(=O)oc12. The van der Waals surface area contributed by atoms with Crippen LogP contribution in [0.15, 0.2) is 187 Å². The molecule has 0 aliphatic carbocycles. The van der Waals surface area contributed by atoms with Crippen molar-refractivity contribution in [3.63, 3.8) is 0 Å². The molecule has 3 aromatic heterocycles. The Bertz CT molecular complexity index is 3550. The van der Waals surface area contributed by atoms with Crippen molar-refractivity contribution in [1.29, 1.82) is 0 Å². The molecule has 5 nitrogen and oxygen atoms in total. The van der Waals surface area contributed by atoms with Gasteiger partial charge in [-0.15, -0.1) is 0 Å². The molecule has 0 N–H and O–H groups in total. The van der Waals surface area contributed by atoms with Crippen LogP contribution in [0, 0.1) is 0 Å². The molecule has 0 radical (unpaired) electrons. The molecule has 0 saturated carbocycles. The van der Waals surface area contributed by atoms with Gasteiger partial charge in [0.2, 0.25) is 0 Å². The predicted molar refractivity (Wildman–Crippen MR) is 241 cm³/mol. The van der Waals surface area contributed by atoms with Crippen LogP contribution in [-0.4, -0.2) is 0 Å². The van der Waals surface area contributed by atoms with Gasteiger partial charge in [0.15, 0.2) is 0 Å². The third kappa shape index (κ3) is 5.77. The van der Waals surface area contributed by atoms with Crippen molar-refractivity contribution < 1.29 is 13.3 Å². The molecule has 8 aromatic carbocycles. The highest BCUT2D eigenvalue weighted by Gasteiger charge is 2.21. The zero-order valence-corrected chi connectivity index (χ0v) is 32.3. The maximum absolute atomic E-state index is 13.8. The number of aryl methyl sites for hydroxylation is 1. The molecule has 3 heterocycles. The summed E-state index contributed by atoms with van der Waals surface area (Å²) in [5.74, 6) is 1.08. The van der Waals surface area contributed by atoms with Gasteiger partial charge in [-0.05, 0) is 115 Å². The number of furan rings is 1. The summed E-state index contributed by atoms with van der Waals surface area (Å²) in [5, 5.41) is 9.94. The van der Waals surface area contributed by atoms with Gasteiger partial charge in [0, 0.05) is 21.7 Å². The maximum atomic E-state index is 13.8. The van der Waals surface area contributed by atoms with Crippen LogP contribution in [0.3, 0.4) is 0 Å². The first-order valence-electron chi connectivity index (χ1n) is 20.1. The summed E-state index contributed by atoms with van der Waals surface area (Å²) in [4.78, 5) is 27.2. The largest absolute Gasteiger partial charge is 0.456 e. The highest BCUT2D eigenvalue weighted by molar-refractivity contribution is 6.21. The molecule has 0 aliphatic heterocycles. The molecule has 0 amide bonds. The molecule has 59 heavy (non-hydrogen) atoms. The van der Waals surface area contributed by atoms with Gasteiger partial charge in [0.05, 0.1) is 5.56 Å². The van der Waals surface area contributed by atoms with Gasteiger partial charge in [0.25, 0.3) is 0 Å². The number of hydrogen-bond acceptors (Lipinski definition) is 5. The average Bonchev–Trinajstić information content (AvgIpc) is 3.75. The van der Waals surface area contributed by atoms with E-state index in [-0.39, 0.29) is 5.63 Å². The van der Waals surface area contributed by atoms with Crippen LogP contribution in [0.25, 0.3) is 110 Å². The third-order valence-electron chi connectivity index (χ3n) is 11.8. The molecule has 0 bridgehead atoms. The topological polar surface area (TPSA) is 73.6 Å². The van der Waals surface area contributed by atoms with Gasteiger partial charge in [-0.2, -0.15) is 0 Å². The highest BCUT2D eigenvalue weighted by Crippen LogP contribution is 2.45. The summed E-state index contributed by atoms with van der Waals surface area (Å²) >= 11 is 0. The lowest BCUT2D eigenvalue weighted by molar-refractivity contribution is 0.552. The number of fused-ring (bicyclic) bond motifs is 7. The summed E-state index contributed by atoms with van der Waals surface area (Å²) in [5.41, 5.74) is 6.22. The monoisotopic (exact) mass is 764 g/mol. The van der Waals surface area contributed by atoms with E-state index in [0.29, 0.717) is 33.8 Å². The van der Waals surface area contributed by atoms with Gasteiger partial charge in [-0.3, -0.25) is 0 Å². The molecule has 0 saturated heterocycles. The molecule has 11 aromatic rings. The van der Waals surface area contributed by atoms with Gasteiger partial charge >= 0.3 is 11.3 Å². The fraction of sp³-hybridized carbons (Fsp3) is 0.0741. The number of rotatable bonds is 7. The van der Waals surface area contributed by atoms with E-state index >= 15 is 0 Å². The molecule has 0 unspecified atom stereocenters. The van der Waals surface area contributed by atoms with Crippen LogP contribution >= 0.6 is 0 Å². The van der Waals surface area contributed by atoms with E-state index in [4.69, 9.17) is 13.3 Å². The summed E-state index contributed by atoms with van der Waals surface area (Å²) in [6, 6.07) is 54.8. The molecular formula is C54H36O5. The fourth-order valence-corrected chi connectivity index (χ4v) is 8.93. The molecule has 5 heteroatoms. The average molecular weight is 765 g/mol. The van der Waals surface area contributed by atoms with Gasteiger partial charge < -0.3 is 13.3 Å². The normalized spacial score (nSPS) is 11.8. The minimum absolute atomic E-state index is 0.365. The lowest BCUT2D eigenvalue weighted by atomic mass is 9.87. The number of benzene rings is 8.